The lowest BCUT2D eigenvalue weighted by molar-refractivity contribution is 0.217. The number of aromatic nitrogens is 2. The maximum absolute atomic E-state index is 12.0. The summed E-state index contributed by atoms with van der Waals surface area (Å²) in [5.41, 5.74) is -0.527. The molecule has 0 saturated carbocycles. The van der Waals surface area contributed by atoms with E-state index in [0.717, 1.165) is 0 Å². The van der Waals surface area contributed by atoms with Crippen LogP contribution in [0.1, 0.15) is 13.8 Å². The minimum atomic E-state index is -0.449. The Labute approximate surface area is 114 Å². The number of fused-ring (bicyclic) bond motifs is 1. The van der Waals surface area contributed by atoms with E-state index in [1.807, 2.05) is 13.8 Å². The van der Waals surface area contributed by atoms with Crippen molar-refractivity contribution in [1.82, 2.24) is 15.1 Å². The molecule has 1 aromatic heterocycles. The maximum atomic E-state index is 12.0. The molecule has 7 heteroatoms. The molecule has 20 heavy (non-hydrogen) atoms. The molecule has 0 aliphatic heterocycles. The lowest BCUT2D eigenvalue weighted by atomic mass is 10.1. The number of nitrogens with zero attached hydrogens (tertiary/aromatic N) is 1. The lowest BCUT2D eigenvalue weighted by Crippen LogP contribution is -2.35. The molecule has 0 bridgehead atoms. The van der Waals surface area contributed by atoms with Crippen LogP contribution in [-0.2, 0) is 0 Å². The number of hydrogen-bond acceptors (Lipinski definition) is 3. The topological polar surface area (TPSA) is 98.1 Å². The molecule has 2 amide bonds. The minimum Gasteiger partial charge on any atom is -0.325 e. The molecule has 106 valence electrons. The Hall–Kier alpha value is -2.57. The Morgan fingerprint density at radius 3 is 2.45 bits per heavy atom. The van der Waals surface area contributed by atoms with Gasteiger partial charge in [0.1, 0.15) is 0 Å². The van der Waals surface area contributed by atoms with Crippen molar-refractivity contribution in [2.75, 3.05) is 18.4 Å². The molecule has 0 saturated heterocycles. The molecule has 1 heterocycles. The highest BCUT2D eigenvalue weighted by atomic mass is 16.2. The smallest absolute Gasteiger partial charge is 0.321 e. The first-order chi connectivity index (χ1) is 9.58. The Bertz CT molecular complexity index is 743. The fourth-order valence-corrected chi connectivity index (χ4v) is 2.04. The molecular weight excluding hydrogens is 260 g/mol. The highest BCUT2D eigenvalue weighted by Crippen LogP contribution is 2.17. The number of nitrogens with one attached hydrogen (secondary N) is 3. The lowest BCUT2D eigenvalue weighted by Gasteiger charge is -2.19. The van der Waals surface area contributed by atoms with E-state index < -0.39 is 11.1 Å². The fourth-order valence-electron chi connectivity index (χ4n) is 2.04. The summed E-state index contributed by atoms with van der Waals surface area (Å²) in [5.74, 6) is 0. The zero-order valence-corrected chi connectivity index (χ0v) is 11.3. The molecule has 0 radical (unpaired) electrons. The molecular formula is C13H16N4O3. The van der Waals surface area contributed by atoms with E-state index in [2.05, 4.69) is 15.5 Å². The van der Waals surface area contributed by atoms with E-state index >= 15 is 0 Å². The molecule has 7 nitrogen and oxygen atoms in total. The SMILES string of the molecule is CCN(CC)C(=O)Nc1cccc2c(=O)[nH][nH]c(=O)c12. The number of urea groups is 1. The van der Waals surface area contributed by atoms with Crippen LogP contribution in [0.4, 0.5) is 10.5 Å². The monoisotopic (exact) mass is 276 g/mol. The summed E-state index contributed by atoms with van der Waals surface area (Å²) in [4.78, 5) is 37.1. The van der Waals surface area contributed by atoms with Crippen molar-refractivity contribution in [3.8, 4) is 0 Å². The van der Waals surface area contributed by atoms with E-state index in [1.165, 1.54) is 6.07 Å². The molecule has 0 aliphatic carbocycles. The average Bonchev–Trinajstić information content (AvgIpc) is 2.44. The first-order valence-corrected chi connectivity index (χ1v) is 6.38. The van der Waals surface area contributed by atoms with Crippen LogP contribution in [0.3, 0.4) is 0 Å². The van der Waals surface area contributed by atoms with Crippen LogP contribution in [0.5, 0.6) is 0 Å². The largest absolute Gasteiger partial charge is 0.325 e. The van der Waals surface area contributed by atoms with E-state index in [9.17, 15) is 14.4 Å². The number of benzene rings is 1. The van der Waals surface area contributed by atoms with Gasteiger partial charge in [-0.3, -0.25) is 19.8 Å². The molecule has 0 fully saturated rings. The van der Waals surface area contributed by atoms with Gasteiger partial charge in [0.25, 0.3) is 11.1 Å². The number of aromatic amines is 2. The Morgan fingerprint density at radius 2 is 1.80 bits per heavy atom. The third-order valence-corrected chi connectivity index (χ3v) is 3.12. The number of carbonyl (C=O) groups is 1. The van der Waals surface area contributed by atoms with Crippen molar-refractivity contribution in [3.05, 3.63) is 38.9 Å². The Balaban J connectivity index is 2.51. The quantitative estimate of drug-likeness (QED) is 0.782. The molecule has 0 atom stereocenters. The van der Waals surface area contributed by atoms with E-state index in [-0.39, 0.29) is 16.8 Å². The number of anilines is 1. The van der Waals surface area contributed by atoms with Gasteiger partial charge in [-0.2, -0.15) is 0 Å². The Kier molecular flexibility index (Phi) is 3.88. The van der Waals surface area contributed by atoms with E-state index in [0.29, 0.717) is 18.8 Å². The van der Waals surface area contributed by atoms with Gasteiger partial charge in [0.15, 0.2) is 0 Å². The standard InChI is InChI=1S/C13H16N4O3/c1-3-17(4-2)13(20)14-9-7-5-6-8-10(9)12(19)16-15-11(8)18/h5-7H,3-4H2,1-2H3,(H,14,20)(H,15,18)(H,16,19). The predicted octanol–water partition coefficient (Wildman–Crippen LogP) is 1.09. The van der Waals surface area contributed by atoms with Crippen molar-refractivity contribution in [2.24, 2.45) is 0 Å². The summed E-state index contributed by atoms with van der Waals surface area (Å²) in [5, 5.41) is 7.60. The molecule has 1 aromatic carbocycles. The highest BCUT2D eigenvalue weighted by Gasteiger charge is 2.13. The van der Waals surface area contributed by atoms with Crippen LogP contribution >= 0.6 is 0 Å². The third kappa shape index (κ3) is 2.42. The van der Waals surface area contributed by atoms with Crippen molar-refractivity contribution < 1.29 is 4.79 Å². The summed E-state index contributed by atoms with van der Waals surface area (Å²) in [6.07, 6.45) is 0. The first-order valence-electron chi connectivity index (χ1n) is 6.38. The van der Waals surface area contributed by atoms with Gasteiger partial charge in [-0.15, -0.1) is 0 Å². The van der Waals surface area contributed by atoms with Gasteiger partial charge in [-0.25, -0.2) is 4.79 Å². The molecule has 2 rings (SSSR count). The van der Waals surface area contributed by atoms with Crippen molar-refractivity contribution >= 4 is 22.5 Å². The number of hydrogen-bond donors (Lipinski definition) is 3. The predicted molar refractivity (Wildman–Crippen MR) is 77.1 cm³/mol. The molecule has 2 aromatic rings. The number of rotatable bonds is 3. The van der Waals surface area contributed by atoms with Crippen LogP contribution in [0.2, 0.25) is 0 Å². The minimum absolute atomic E-state index is 0.178. The number of amides is 2. The van der Waals surface area contributed by atoms with Gasteiger partial charge in [-0.1, -0.05) is 6.07 Å². The summed E-state index contributed by atoms with van der Waals surface area (Å²) in [6, 6.07) is 4.45. The first kappa shape index (κ1) is 13.9. The molecule has 0 unspecified atom stereocenters. The van der Waals surface area contributed by atoms with Gasteiger partial charge in [0.05, 0.1) is 16.5 Å². The van der Waals surface area contributed by atoms with E-state index in [1.54, 1.807) is 17.0 Å². The van der Waals surface area contributed by atoms with Crippen LogP contribution in [0.15, 0.2) is 27.8 Å². The second kappa shape index (κ2) is 5.60. The van der Waals surface area contributed by atoms with Crippen LogP contribution in [-0.4, -0.2) is 34.2 Å². The van der Waals surface area contributed by atoms with Crippen molar-refractivity contribution in [3.63, 3.8) is 0 Å². The van der Waals surface area contributed by atoms with Gasteiger partial charge in [0, 0.05) is 13.1 Å². The third-order valence-electron chi connectivity index (χ3n) is 3.12. The van der Waals surface area contributed by atoms with Crippen LogP contribution < -0.4 is 16.4 Å². The summed E-state index contributed by atoms with van der Waals surface area (Å²) in [6.45, 7) is 4.85. The maximum Gasteiger partial charge on any atom is 0.321 e. The zero-order valence-electron chi connectivity index (χ0n) is 11.3. The van der Waals surface area contributed by atoms with Gasteiger partial charge in [0.2, 0.25) is 0 Å². The van der Waals surface area contributed by atoms with Gasteiger partial charge < -0.3 is 10.2 Å². The number of H-pyrrole nitrogens is 2. The summed E-state index contributed by atoms with van der Waals surface area (Å²) >= 11 is 0. The fraction of sp³-hybridized carbons (Fsp3) is 0.308. The number of carbonyl (C=O) groups excluding carboxylic acids is 1. The van der Waals surface area contributed by atoms with Crippen molar-refractivity contribution in [1.29, 1.82) is 0 Å². The van der Waals surface area contributed by atoms with Crippen LogP contribution in [0, 0.1) is 0 Å². The van der Waals surface area contributed by atoms with Gasteiger partial charge in [-0.05, 0) is 26.0 Å². The normalized spacial score (nSPS) is 10.5. The Morgan fingerprint density at radius 1 is 1.15 bits per heavy atom. The molecule has 0 spiro atoms. The highest BCUT2D eigenvalue weighted by molar-refractivity contribution is 6.00. The summed E-state index contributed by atoms with van der Waals surface area (Å²) in [7, 11) is 0. The second-order valence-electron chi connectivity index (χ2n) is 4.24. The van der Waals surface area contributed by atoms with Crippen LogP contribution in [0.25, 0.3) is 10.8 Å². The van der Waals surface area contributed by atoms with E-state index in [4.69, 9.17) is 0 Å². The molecule has 0 aliphatic rings. The zero-order chi connectivity index (χ0) is 14.7. The molecule has 3 N–H and O–H groups in total. The second-order valence-corrected chi connectivity index (χ2v) is 4.24. The van der Waals surface area contributed by atoms with Crippen molar-refractivity contribution in [2.45, 2.75) is 13.8 Å². The summed E-state index contributed by atoms with van der Waals surface area (Å²) < 4.78 is 0. The average molecular weight is 276 g/mol. The van der Waals surface area contributed by atoms with Gasteiger partial charge >= 0.3 is 6.03 Å².